The molecule has 37 heavy (non-hydrogen) atoms. The second kappa shape index (κ2) is 17.2. The summed E-state index contributed by atoms with van der Waals surface area (Å²) in [6.07, 6.45) is -7.23. The van der Waals surface area contributed by atoms with Gasteiger partial charge >= 0.3 is 23.9 Å². The Kier molecular flexibility index (Phi) is 15.2. The average Bonchev–Trinajstić information content (AvgIpc) is 2.83. The highest BCUT2D eigenvalue weighted by Gasteiger charge is 2.53. The van der Waals surface area contributed by atoms with Crippen molar-refractivity contribution in [3.8, 4) is 0 Å². The van der Waals surface area contributed by atoms with Gasteiger partial charge < -0.3 is 43.7 Å². The summed E-state index contributed by atoms with van der Waals surface area (Å²) in [6, 6.07) is 0. The average molecular weight is 537 g/mol. The maximum atomic E-state index is 12.7. The summed E-state index contributed by atoms with van der Waals surface area (Å²) in [5.41, 5.74) is 0. The second-order valence-electron chi connectivity index (χ2n) is 8.69. The number of unbranched alkanes of at least 4 members (excludes halogenated alkanes) is 2. The number of carbonyl (C=O) groups excluding carboxylic acids is 4. The molecule has 1 rings (SSSR count). The topological polar surface area (TPSA) is 184 Å². The first kappa shape index (κ1) is 32.7. The van der Waals surface area contributed by atoms with Crippen LogP contribution in [0.15, 0.2) is 0 Å². The molecule has 7 atom stereocenters. The summed E-state index contributed by atoms with van der Waals surface area (Å²) in [4.78, 5) is 48.5. The molecule has 1 fully saturated rings. The van der Waals surface area contributed by atoms with E-state index in [2.05, 4.69) is 0 Å². The van der Waals surface area contributed by atoms with Gasteiger partial charge in [-0.2, -0.15) is 0 Å². The van der Waals surface area contributed by atoms with Gasteiger partial charge in [-0.25, -0.2) is 0 Å². The van der Waals surface area contributed by atoms with Gasteiger partial charge in [0.05, 0.1) is 13.2 Å². The van der Waals surface area contributed by atoms with Crippen LogP contribution in [0.25, 0.3) is 0 Å². The van der Waals surface area contributed by atoms with Crippen molar-refractivity contribution in [2.75, 3.05) is 19.8 Å². The molecule has 214 valence electrons. The van der Waals surface area contributed by atoms with Gasteiger partial charge in [-0.05, 0) is 12.8 Å². The SMILES string of the molecule is CCCCCC(=O)OC1C(OC(C)=O)C(COC(C)=O)OC(OCC(O)C(O)CO)C1OC(=O)CCC. The highest BCUT2D eigenvalue weighted by atomic mass is 16.7. The Morgan fingerprint density at radius 1 is 0.811 bits per heavy atom. The third-order valence-corrected chi connectivity index (χ3v) is 5.38. The Labute approximate surface area is 216 Å². The number of ether oxygens (including phenoxy) is 6. The van der Waals surface area contributed by atoms with E-state index in [-0.39, 0.29) is 12.8 Å². The smallest absolute Gasteiger partial charge is 0.306 e. The molecule has 1 aliphatic rings. The van der Waals surface area contributed by atoms with Crippen LogP contribution in [0, 0.1) is 0 Å². The second-order valence-corrected chi connectivity index (χ2v) is 8.69. The van der Waals surface area contributed by atoms with Crippen molar-refractivity contribution in [2.45, 2.75) is 109 Å². The van der Waals surface area contributed by atoms with Crippen molar-refractivity contribution < 1.29 is 62.9 Å². The van der Waals surface area contributed by atoms with Crippen LogP contribution in [-0.2, 0) is 47.6 Å². The zero-order valence-corrected chi connectivity index (χ0v) is 21.8. The first-order valence-corrected chi connectivity index (χ1v) is 12.5. The Morgan fingerprint density at radius 2 is 1.46 bits per heavy atom. The van der Waals surface area contributed by atoms with Crippen LogP contribution in [0.2, 0.25) is 0 Å². The molecular formula is C24H40O13. The van der Waals surface area contributed by atoms with E-state index < -0.39 is 86.6 Å². The highest BCUT2D eigenvalue weighted by Crippen LogP contribution is 2.30. The van der Waals surface area contributed by atoms with Gasteiger partial charge in [0, 0.05) is 26.7 Å². The predicted octanol–water partition coefficient (Wildman–Crippen LogP) is 0.141. The lowest BCUT2D eigenvalue weighted by atomic mass is 9.98. The molecule has 0 amide bonds. The van der Waals surface area contributed by atoms with Gasteiger partial charge in [0.25, 0.3) is 0 Å². The monoisotopic (exact) mass is 536 g/mol. The predicted molar refractivity (Wildman–Crippen MR) is 125 cm³/mol. The van der Waals surface area contributed by atoms with Gasteiger partial charge in [-0.15, -0.1) is 0 Å². The number of aliphatic hydroxyl groups is 3. The zero-order valence-electron chi connectivity index (χ0n) is 21.8. The quantitative estimate of drug-likeness (QED) is 0.138. The molecule has 1 heterocycles. The molecule has 13 heteroatoms. The molecule has 1 saturated heterocycles. The number of hydrogen-bond donors (Lipinski definition) is 3. The highest BCUT2D eigenvalue weighted by molar-refractivity contribution is 5.71. The van der Waals surface area contributed by atoms with E-state index in [1.165, 1.54) is 0 Å². The molecule has 0 aromatic heterocycles. The van der Waals surface area contributed by atoms with Crippen LogP contribution in [0.3, 0.4) is 0 Å². The molecule has 0 aliphatic carbocycles. The van der Waals surface area contributed by atoms with Crippen molar-refractivity contribution in [1.29, 1.82) is 0 Å². The lowest BCUT2D eigenvalue weighted by molar-refractivity contribution is -0.312. The number of rotatable bonds is 16. The standard InChI is InChI=1S/C24H40O13/c1-5-7-8-10-20(31)36-22-21(34-15(4)27)18(13-32-14(3)26)35-24(23(22)37-19(30)9-6-2)33-12-17(29)16(28)11-25/h16-18,21-25,28-29H,5-13H2,1-4H3. The van der Waals surface area contributed by atoms with E-state index in [1.807, 2.05) is 6.92 Å². The Hall–Kier alpha value is -2.32. The molecule has 0 radical (unpaired) electrons. The normalized spacial score (nSPS) is 25.0. The molecule has 0 saturated carbocycles. The summed E-state index contributed by atoms with van der Waals surface area (Å²) in [5, 5.41) is 28.7. The Balaban J connectivity index is 3.36. The van der Waals surface area contributed by atoms with Crippen LogP contribution in [0.4, 0.5) is 0 Å². The summed E-state index contributed by atoms with van der Waals surface area (Å²) in [6.45, 7) is 4.26. The molecule has 3 N–H and O–H groups in total. The molecule has 0 aromatic carbocycles. The van der Waals surface area contributed by atoms with Gasteiger partial charge in [-0.1, -0.05) is 26.7 Å². The van der Waals surface area contributed by atoms with E-state index in [4.69, 9.17) is 33.5 Å². The first-order chi connectivity index (χ1) is 17.5. The largest absolute Gasteiger partial charge is 0.463 e. The number of esters is 4. The van der Waals surface area contributed by atoms with Gasteiger partial charge in [-0.3, -0.25) is 19.2 Å². The van der Waals surface area contributed by atoms with Gasteiger partial charge in [0.1, 0.15) is 24.9 Å². The van der Waals surface area contributed by atoms with Crippen molar-refractivity contribution in [1.82, 2.24) is 0 Å². The van der Waals surface area contributed by atoms with E-state index in [0.29, 0.717) is 12.8 Å². The Morgan fingerprint density at radius 3 is 2.03 bits per heavy atom. The van der Waals surface area contributed by atoms with Gasteiger partial charge in [0.15, 0.2) is 24.6 Å². The van der Waals surface area contributed by atoms with Gasteiger partial charge in [0.2, 0.25) is 0 Å². The van der Waals surface area contributed by atoms with Crippen molar-refractivity contribution >= 4 is 23.9 Å². The van der Waals surface area contributed by atoms with Crippen molar-refractivity contribution in [3.63, 3.8) is 0 Å². The molecule has 0 spiro atoms. The summed E-state index contributed by atoms with van der Waals surface area (Å²) in [7, 11) is 0. The minimum absolute atomic E-state index is 0.0152. The van der Waals surface area contributed by atoms with Crippen LogP contribution >= 0.6 is 0 Å². The number of hydrogen-bond acceptors (Lipinski definition) is 13. The Bertz CT molecular complexity index is 727. The number of carbonyl (C=O) groups is 4. The minimum Gasteiger partial charge on any atom is -0.463 e. The van der Waals surface area contributed by atoms with Crippen LogP contribution in [0.1, 0.15) is 66.2 Å². The van der Waals surface area contributed by atoms with Crippen LogP contribution in [-0.4, -0.2) is 102 Å². The maximum Gasteiger partial charge on any atom is 0.306 e. The van der Waals surface area contributed by atoms with E-state index in [0.717, 1.165) is 26.7 Å². The van der Waals surface area contributed by atoms with Crippen molar-refractivity contribution in [2.24, 2.45) is 0 Å². The minimum atomic E-state index is -1.53. The third-order valence-electron chi connectivity index (χ3n) is 5.38. The fourth-order valence-corrected chi connectivity index (χ4v) is 3.51. The summed E-state index contributed by atoms with van der Waals surface area (Å²) < 4.78 is 33.0. The fraction of sp³-hybridized carbons (Fsp3) is 0.833. The van der Waals surface area contributed by atoms with Crippen LogP contribution < -0.4 is 0 Å². The number of aliphatic hydroxyl groups excluding tert-OH is 3. The lowest BCUT2D eigenvalue weighted by Crippen LogP contribution is -2.63. The molecule has 13 nitrogen and oxygen atoms in total. The molecule has 0 aromatic rings. The summed E-state index contributed by atoms with van der Waals surface area (Å²) >= 11 is 0. The molecule has 0 bridgehead atoms. The van der Waals surface area contributed by atoms with Crippen LogP contribution in [0.5, 0.6) is 0 Å². The molecule has 7 unspecified atom stereocenters. The van der Waals surface area contributed by atoms with E-state index >= 15 is 0 Å². The third kappa shape index (κ3) is 11.7. The van der Waals surface area contributed by atoms with E-state index in [9.17, 15) is 29.4 Å². The van der Waals surface area contributed by atoms with Crippen molar-refractivity contribution in [3.05, 3.63) is 0 Å². The lowest BCUT2D eigenvalue weighted by Gasteiger charge is -2.44. The first-order valence-electron chi connectivity index (χ1n) is 12.5. The molecule has 1 aliphatic heterocycles. The van der Waals surface area contributed by atoms with E-state index in [1.54, 1.807) is 6.92 Å². The summed E-state index contributed by atoms with van der Waals surface area (Å²) in [5.74, 6) is -2.73. The zero-order chi connectivity index (χ0) is 28.0. The maximum absolute atomic E-state index is 12.7. The fourth-order valence-electron chi connectivity index (χ4n) is 3.51. The molecular weight excluding hydrogens is 496 g/mol.